The second kappa shape index (κ2) is 10.3. The Labute approximate surface area is 199 Å². The first-order chi connectivity index (χ1) is 15.2. The summed E-state index contributed by atoms with van der Waals surface area (Å²) >= 11 is 0.806. The molecule has 8 nitrogen and oxygen atoms in total. The topological polar surface area (TPSA) is 131 Å². The van der Waals surface area contributed by atoms with Gasteiger partial charge in [0.05, 0.1) is 5.69 Å². The van der Waals surface area contributed by atoms with E-state index in [2.05, 4.69) is 23.5 Å². The minimum atomic E-state index is -0.806. The summed E-state index contributed by atoms with van der Waals surface area (Å²) in [6.07, 6.45) is 0.432. The molecule has 1 aromatic heterocycles. The molecule has 0 aliphatic rings. The highest BCUT2D eigenvalue weighted by molar-refractivity contribution is 7.09. The molecule has 1 heterocycles. The Morgan fingerprint density at radius 3 is 2.09 bits per heavy atom. The third-order valence-corrected chi connectivity index (χ3v) is 5.87. The molecule has 33 heavy (non-hydrogen) atoms. The van der Waals surface area contributed by atoms with Crippen LogP contribution >= 0.6 is 11.5 Å². The number of primary amides is 1. The Morgan fingerprint density at radius 2 is 1.67 bits per heavy atom. The normalized spacial score (nSPS) is 12.6. The lowest BCUT2D eigenvalue weighted by molar-refractivity contribution is -0.124. The minimum absolute atomic E-state index is 0.0687. The fourth-order valence-corrected chi connectivity index (χ4v) is 4.17. The van der Waals surface area contributed by atoms with E-state index in [0.29, 0.717) is 18.0 Å². The van der Waals surface area contributed by atoms with Gasteiger partial charge in [0.2, 0.25) is 5.91 Å². The Bertz CT molecular complexity index is 1010. The third-order valence-electron chi connectivity index (χ3n) is 5.02. The second-order valence-corrected chi connectivity index (χ2v) is 10.7. The summed E-state index contributed by atoms with van der Waals surface area (Å²) in [6.45, 7) is 13.8. The van der Waals surface area contributed by atoms with Crippen molar-refractivity contribution in [2.45, 2.75) is 72.4 Å². The van der Waals surface area contributed by atoms with Gasteiger partial charge >= 0.3 is 0 Å². The molecule has 0 saturated carbocycles. The van der Waals surface area contributed by atoms with Crippen molar-refractivity contribution in [3.63, 3.8) is 0 Å². The summed E-state index contributed by atoms with van der Waals surface area (Å²) in [4.78, 5) is 40.4. The summed E-state index contributed by atoms with van der Waals surface area (Å²) in [5.74, 6) is -1.12. The van der Waals surface area contributed by atoms with Crippen LogP contribution < -0.4 is 21.7 Å². The van der Waals surface area contributed by atoms with E-state index in [9.17, 15) is 14.4 Å². The van der Waals surface area contributed by atoms with Gasteiger partial charge in [-0.15, -0.1) is 0 Å². The van der Waals surface area contributed by atoms with E-state index in [4.69, 9.17) is 11.5 Å². The van der Waals surface area contributed by atoms with Gasteiger partial charge in [-0.1, -0.05) is 39.8 Å². The molecular weight excluding hydrogens is 438 g/mol. The van der Waals surface area contributed by atoms with Crippen molar-refractivity contribution in [2.24, 2.45) is 11.7 Å². The molecule has 0 saturated heterocycles. The first kappa shape index (κ1) is 26.3. The summed E-state index contributed by atoms with van der Waals surface area (Å²) in [5.41, 5.74) is 12.4. The van der Waals surface area contributed by atoms with Crippen molar-refractivity contribution >= 4 is 40.6 Å². The Morgan fingerprint density at radius 1 is 1.09 bits per heavy atom. The SMILES string of the molecule is CC(C)C[C@H](C(=O)NC(C)(C)C)N(C(=O)c1snc(C(N)=O)c1N)c1ccc(C(C)C)cc1. The number of carbonyl (C=O) groups excluding carboxylic acids is 3. The first-order valence-corrected chi connectivity index (χ1v) is 11.8. The zero-order valence-corrected chi connectivity index (χ0v) is 21.2. The number of nitrogens with one attached hydrogen (secondary N) is 1. The van der Waals surface area contributed by atoms with Crippen LogP contribution in [0.2, 0.25) is 0 Å². The van der Waals surface area contributed by atoms with Crippen LogP contribution in [0.5, 0.6) is 0 Å². The Hall–Kier alpha value is -2.94. The van der Waals surface area contributed by atoms with Gasteiger partial charge in [-0.25, -0.2) is 0 Å². The molecule has 0 unspecified atom stereocenters. The van der Waals surface area contributed by atoms with Gasteiger partial charge in [0.25, 0.3) is 11.8 Å². The predicted octanol–water partition coefficient (Wildman–Crippen LogP) is 3.92. The van der Waals surface area contributed by atoms with Crippen molar-refractivity contribution in [1.82, 2.24) is 9.69 Å². The maximum atomic E-state index is 13.8. The van der Waals surface area contributed by atoms with E-state index >= 15 is 0 Å². The molecule has 0 spiro atoms. The van der Waals surface area contributed by atoms with Gasteiger partial charge in [-0.2, -0.15) is 4.37 Å². The lowest BCUT2D eigenvalue weighted by Crippen LogP contribution is -2.54. The average molecular weight is 474 g/mol. The summed E-state index contributed by atoms with van der Waals surface area (Å²) < 4.78 is 3.97. The van der Waals surface area contributed by atoms with E-state index < -0.39 is 23.4 Å². The molecule has 5 N–H and O–H groups in total. The molecule has 180 valence electrons. The number of hydrogen-bond donors (Lipinski definition) is 3. The molecule has 0 fully saturated rings. The molecule has 0 aliphatic heterocycles. The number of nitrogen functional groups attached to an aromatic ring is 1. The standard InChI is InChI=1S/C24H35N5O3S/c1-13(2)12-17(22(31)27-24(5,6)7)29(16-10-8-15(9-11-16)14(3)4)23(32)20-18(25)19(21(26)30)28-33-20/h8-11,13-14,17H,12,25H2,1-7H3,(H2,26,30)(H,27,31)/t17-/m1/s1. The molecule has 0 aliphatic carbocycles. The molecule has 9 heteroatoms. The fourth-order valence-electron chi connectivity index (χ4n) is 3.43. The van der Waals surface area contributed by atoms with Crippen molar-refractivity contribution in [3.05, 3.63) is 40.4 Å². The van der Waals surface area contributed by atoms with Crippen molar-refractivity contribution in [2.75, 3.05) is 10.6 Å². The quantitative estimate of drug-likeness (QED) is 0.535. The molecule has 0 bridgehead atoms. The highest BCUT2D eigenvalue weighted by atomic mass is 32.1. The smallest absolute Gasteiger partial charge is 0.272 e. The zero-order chi connectivity index (χ0) is 25.1. The molecule has 1 aromatic carbocycles. The molecular formula is C24H35N5O3S. The fraction of sp³-hybridized carbons (Fsp3) is 0.500. The highest BCUT2D eigenvalue weighted by Crippen LogP contribution is 2.30. The highest BCUT2D eigenvalue weighted by Gasteiger charge is 2.36. The van der Waals surface area contributed by atoms with Crippen LogP contribution in [-0.4, -0.2) is 33.7 Å². The van der Waals surface area contributed by atoms with Gasteiger partial charge in [-0.3, -0.25) is 19.3 Å². The maximum absolute atomic E-state index is 13.8. The van der Waals surface area contributed by atoms with E-state index in [0.717, 1.165) is 17.1 Å². The molecule has 3 amide bonds. The molecule has 2 rings (SSSR count). The molecule has 1 atom stereocenters. The van der Waals surface area contributed by atoms with Gasteiger partial charge in [0, 0.05) is 11.2 Å². The monoisotopic (exact) mass is 473 g/mol. The van der Waals surface area contributed by atoms with Crippen LogP contribution in [0.3, 0.4) is 0 Å². The van der Waals surface area contributed by atoms with Crippen molar-refractivity contribution in [1.29, 1.82) is 0 Å². The number of amides is 3. The van der Waals surface area contributed by atoms with E-state index in [1.54, 1.807) is 0 Å². The largest absolute Gasteiger partial charge is 0.395 e. The van der Waals surface area contributed by atoms with Gasteiger partial charge in [0.15, 0.2) is 5.69 Å². The molecule has 2 aromatic rings. The number of aromatic nitrogens is 1. The summed E-state index contributed by atoms with van der Waals surface area (Å²) in [6, 6.07) is 6.76. The van der Waals surface area contributed by atoms with Crippen LogP contribution in [0.4, 0.5) is 11.4 Å². The molecule has 0 radical (unpaired) electrons. The lowest BCUT2D eigenvalue weighted by atomic mass is 9.98. The van der Waals surface area contributed by atoms with E-state index in [-0.39, 0.29) is 28.1 Å². The number of anilines is 2. The van der Waals surface area contributed by atoms with Crippen LogP contribution in [-0.2, 0) is 4.79 Å². The van der Waals surface area contributed by atoms with E-state index in [1.165, 1.54) is 4.90 Å². The van der Waals surface area contributed by atoms with Crippen LogP contribution in [0.1, 0.15) is 86.5 Å². The average Bonchev–Trinajstić information content (AvgIpc) is 3.07. The number of carbonyl (C=O) groups is 3. The zero-order valence-electron chi connectivity index (χ0n) is 20.4. The second-order valence-electron chi connectivity index (χ2n) is 9.94. The number of benzene rings is 1. The van der Waals surface area contributed by atoms with Gasteiger partial charge in [0.1, 0.15) is 10.9 Å². The van der Waals surface area contributed by atoms with Crippen LogP contribution in [0.25, 0.3) is 0 Å². The van der Waals surface area contributed by atoms with Crippen molar-refractivity contribution < 1.29 is 14.4 Å². The van der Waals surface area contributed by atoms with Crippen LogP contribution in [0, 0.1) is 5.92 Å². The maximum Gasteiger partial charge on any atom is 0.272 e. The Kier molecular flexibility index (Phi) is 8.24. The van der Waals surface area contributed by atoms with Crippen LogP contribution in [0.15, 0.2) is 24.3 Å². The van der Waals surface area contributed by atoms with E-state index in [1.807, 2.05) is 58.9 Å². The minimum Gasteiger partial charge on any atom is -0.395 e. The van der Waals surface area contributed by atoms with Crippen molar-refractivity contribution in [3.8, 4) is 0 Å². The van der Waals surface area contributed by atoms with Gasteiger partial charge in [-0.05, 0) is 68.3 Å². The lowest BCUT2D eigenvalue weighted by Gasteiger charge is -2.34. The third kappa shape index (κ3) is 6.54. The number of nitrogens with zero attached hydrogens (tertiary/aromatic N) is 2. The van der Waals surface area contributed by atoms with Gasteiger partial charge < -0.3 is 16.8 Å². The predicted molar refractivity (Wildman–Crippen MR) is 134 cm³/mol. The number of hydrogen-bond acceptors (Lipinski definition) is 6. The number of rotatable bonds is 8. The first-order valence-electron chi connectivity index (χ1n) is 11.0. The number of nitrogens with two attached hydrogens (primary N) is 2. The summed E-state index contributed by atoms with van der Waals surface area (Å²) in [5, 5.41) is 3.00. The summed E-state index contributed by atoms with van der Waals surface area (Å²) in [7, 11) is 0. The Balaban J connectivity index is 2.64.